The van der Waals surface area contributed by atoms with Crippen molar-refractivity contribution in [2.24, 2.45) is 5.92 Å². The van der Waals surface area contributed by atoms with Crippen molar-refractivity contribution in [1.29, 1.82) is 0 Å². The molecule has 0 aliphatic heterocycles. The van der Waals surface area contributed by atoms with Gasteiger partial charge in [-0.15, -0.1) is 0 Å². The molecule has 2 aromatic rings. The van der Waals surface area contributed by atoms with Crippen molar-refractivity contribution in [3.8, 4) is 0 Å². The molecule has 2 N–H and O–H groups in total. The monoisotopic (exact) mass is 322 g/mol. The molecule has 1 aromatic carbocycles. The van der Waals surface area contributed by atoms with E-state index in [1.807, 2.05) is 38.1 Å². The maximum atomic E-state index is 11.2. The molecule has 5 heteroatoms. The van der Waals surface area contributed by atoms with Crippen LogP contribution in [0.3, 0.4) is 0 Å². The minimum atomic E-state index is -0.870. The van der Waals surface area contributed by atoms with E-state index in [2.05, 4.69) is 26.2 Å². The Morgan fingerprint density at radius 3 is 2.74 bits per heavy atom. The van der Waals surface area contributed by atoms with Crippen molar-refractivity contribution in [1.82, 2.24) is 4.98 Å². The number of benzene rings is 1. The van der Waals surface area contributed by atoms with Crippen LogP contribution in [0.25, 0.3) is 10.8 Å². The predicted octanol–water partition coefficient (Wildman–Crippen LogP) is 3.52. The number of hydrogen-bond acceptors (Lipinski definition) is 3. The summed E-state index contributed by atoms with van der Waals surface area (Å²) >= 11 is 3.42. The van der Waals surface area contributed by atoms with Gasteiger partial charge in [0.05, 0.1) is 0 Å². The van der Waals surface area contributed by atoms with E-state index in [4.69, 9.17) is 0 Å². The van der Waals surface area contributed by atoms with Crippen molar-refractivity contribution >= 4 is 38.5 Å². The number of halogens is 1. The van der Waals surface area contributed by atoms with Gasteiger partial charge in [0.1, 0.15) is 11.9 Å². The zero-order chi connectivity index (χ0) is 14.0. The van der Waals surface area contributed by atoms with Crippen LogP contribution in [0.1, 0.15) is 13.8 Å². The average molecular weight is 323 g/mol. The minimum Gasteiger partial charge on any atom is -0.480 e. The van der Waals surface area contributed by atoms with Gasteiger partial charge in [-0.05, 0) is 35.6 Å². The van der Waals surface area contributed by atoms with E-state index in [0.29, 0.717) is 5.82 Å². The Bertz CT molecular complexity index is 613. The summed E-state index contributed by atoms with van der Waals surface area (Å²) in [5.74, 6) is -0.290. The third kappa shape index (κ3) is 3.04. The Morgan fingerprint density at radius 1 is 1.37 bits per heavy atom. The lowest BCUT2D eigenvalue weighted by Gasteiger charge is -2.19. The third-order valence-electron chi connectivity index (χ3n) is 2.95. The highest BCUT2D eigenvalue weighted by molar-refractivity contribution is 9.10. The Hall–Kier alpha value is -1.62. The molecule has 0 amide bonds. The summed E-state index contributed by atoms with van der Waals surface area (Å²) in [6.45, 7) is 3.74. The maximum Gasteiger partial charge on any atom is 0.326 e. The third-order valence-corrected chi connectivity index (χ3v) is 3.44. The van der Waals surface area contributed by atoms with Gasteiger partial charge in [-0.3, -0.25) is 0 Å². The molecule has 0 fully saturated rings. The fourth-order valence-electron chi connectivity index (χ4n) is 1.92. The highest BCUT2D eigenvalue weighted by Crippen LogP contribution is 2.25. The number of hydrogen-bond donors (Lipinski definition) is 2. The second-order valence-corrected chi connectivity index (χ2v) is 5.64. The molecule has 0 aliphatic carbocycles. The van der Waals surface area contributed by atoms with Crippen molar-refractivity contribution in [3.63, 3.8) is 0 Å². The van der Waals surface area contributed by atoms with Crippen LogP contribution in [0, 0.1) is 5.92 Å². The van der Waals surface area contributed by atoms with Crippen LogP contribution in [0.4, 0.5) is 5.82 Å². The molecule has 0 aliphatic rings. The summed E-state index contributed by atoms with van der Waals surface area (Å²) in [5.41, 5.74) is 0. The summed E-state index contributed by atoms with van der Waals surface area (Å²) < 4.78 is 0.982. The topological polar surface area (TPSA) is 62.2 Å². The van der Waals surface area contributed by atoms with Crippen molar-refractivity contribution in [2.75, 3.05) is 5.32 Å². The molecule has 19 heavy (non-hydrogen) atoms. The highest BCUT2D eigenvalue weighted by atomic mass is 79.9. The van der Waals surface area contributed by atoms with Gasteiger partial charge in [-0.2, -0.15) is 0 Å². The predicted molar refractivity (Wildman–Crippen MR) is 79.3 cm³/mol. The molecule has 2 rings (SSSR count). The Morgan fingerprint density at radius 2 is 2.11 bits per heavy atom. The average Bonchev–Trinajstić information content (AvgIpc) is 2.34. The van der Waals surface area contributed by atoms with Gasteiger partial charge in [0.2, 0.25) is 0 Å². The largest absolute Gasteiger partial charge is 0.480 e. The molecule has 1 heterocycles. The normalized spacial score (nSPS) is 12.6. The SMILES string of the molecule is CC(C)[C@H](Nc1nccc2cc(Br)ccc12)C(=O)O. The van der Waals surface area contributed by atoms with Crippen molar-refractivity contribution < 1.29 is 9.90 Å². The van der Waals surface area contributed by atoms with E-state index in [-0.39, 0.29) is 5.92 Å². The molecular weight excluding hydrogens is 308 g/mol. The molecule has 0 radical (unpaired) electrons. The summed E-state index contributed by atoms with van der Waals surface area (Å²) in [6, 6.07) is 7.07. The van der Waals surface area contributed by atoms with Crippen LogP contribution < -0.4 is 5.32 Å². The number of pyridine rings is 1. The Kier molecular flexibility index (Phi) is 4.04. The molecule has 0 unspecified atom stereocenters. The molecule has 0 spiro atoms. The lowest BCUT2D eigenvalue weighted by atomic mass is 10.0. The molecule has 0 saturated carbocycles. The number of carbonyl (C=O) groups is 1. The van der Waals surface area contributed by atoms with Gasteiger partial charge in [0, 0.05) is 16.1 Å². The van der Waals surface area contributed by atoms with E-state index in [0.717, 1.165) is 15.2 Å². The number of nitrogens with one attached hydrogen (secondary N) is 1. The highest BCUT2D eigenvalue weighted by Gasteiger charge is 2.22. The number of rotatable bonds is 4. The number of aromatic nitrogens is 1. The second-order valence-electron chi connectivity index (χ2n) is 4.73. The van der Waals surface area contributed by atoms with E-state index >= 15 is 0 Å². The quantitative estimate of drug-likeness (QED) is 0.904. The van der Waals surface area contributed by atoms with E-state index in [9.17, 15) is 9.90 Å². The van der Waals surface area contributed by atoms with Crippen LogP contribution in [-0.4, -0.2) is 22.1 Å². The number of anilines is 1. The van der Waals surface area contributed by atoms with Gasteiger partial charge in [-0.1, -0.05) is 29.8 Å². The molecule has 100 valence electrons. The summed E-state index contributed by atoms with van der Waals surface area (Å²) in [7, 11) is 0. The first-order chi connectivity index (χ1) is 8.99. The van der Waals surface area contributed by atoms with Crippen molar-refractivity contribution in [3.05, 3.63) is 34.9 Å². The second kappa shape index (κ2) is 5.57. The zero-order valence-corrected chi connectivity index (χ0v) is 12.3. The van der Waals surface area contributed by atoms with E-state index in [1.54, 1.807) is 6.20 Å². The Balaban J connectivity index is 2.42. The van der Waals surface area contributed by atoms with Gasteiger partial charge in [0.25, 0.3) is 0 Å². The Labute approximate surface area is 120 Å². The van der Waals surface area contributed by atoms with Crippen LogP contribution in [-0.2, 0) is 4.79 Å². The summed E-state index contributed by atoms with van der Waals surface area (Å²) in [4.78, 5) is 15.5. The minimum absolute atomic E-state index is 0.0231. The standard InChI is InChI=1S/C14H15BrN2O2/c1-8(2)12(14(18)19)17-13-11-4-3-10(15)7-9(11)5-6-16-13/h3-8,12H,1-2H3,(H,16,17)(H,18,19)/t12-/m0/s1. The first-order valence-corrected chi connectivity index (χ1v) is 6.82. The lowest BCUT2D eigenvalue weighted by molar-refractivity contribution is -0.138. The van der Waals surface area contributed by atoms with Gasteiger partial charge < -0.3 is 10.4 Å². The first kappa shape index (κ1) is 13.8. The number of aliphatic carboxylic acids is 1. The molecule has 0 bridgehead atoms. The van der Waals surface area contributed by atoms with Gasteiger partial charge in [0.15, 0.2) is 0 Å². The molecule has 4 nitrogen and oxygen atoms in total. The molecular formula is C14H15BrN2O2. The van der Waals surface area contributed by atoms with Crippen LogP contribution in [0.2, 0.25) is 0 Å². The number of fused-ring (bicyclic) bond motifs is 1. The number of carboxylic acid groups (broad SMARTS) is 1. The van der Waals surface area contributed by atoms with Crippen LogP contribution in [0.15, 0.2) is 34.9 Å². The lowest BCUT2D eigenvalue weighted by Crippen LogP contribution is -2.34. The molecule has 1 aromatic heterocycles. The first-order valence-electron chi connectivity index (χ1n) is 6.02. The smallest absolute Gasteiger partial charge is 0.326 e. The zero-order valence-electron chi connectivity index (χ0n) is 10.7. The van der Waals surface area contributed by atoms with E-state index < -0.39 is 12.0 Å². The number of nitrogens with zero attached hydrogens (tertiary/aromatic N) is 1. The van der Waals surface area contributed by atoms with Gasteiger partial charge >= 0.3 is 5.97 Å². The maximum absolute atomic E-state index is 11.2. The van der Waals surface area contributed by atoms with Crippen LogP contribution in [0.5, 0.6) is 0 Å². The van der Waals surface area contributed by atoms with E-state index in [1.165, 1.54) is 0 Å². The van der Waals surface area contributed by atoms with Gasteiger partial charge in [-0.25, -0.2) is 9.78 Å². The summed E-state index contributed by atoms with van der Waals surface area (Å²) in [6.07, 6.45) is 1.68. The van der Waals surface area contributed by atoms with Crippen molar-refractivity contribution in [2.45, 2.75) is 19.9 Å². The summed E-state index contributed by atoms with van der Waals surface area (Å²) in [5, 5.41) is 14.2. The fourth-order valence-corrected chi connectivity index (χ4v) is 2.30. The molecule has 1 atom stereocenters. The molecule has 0 saturated heterocycles. The fraction of sp³-hybridized carbons (Fsp3) is 0.286. The van der Waals surface area contributed by atoms with Crippen LogP contribution >= 0.6 is 15.9 Å². The number of carboxylic acids is 1.